The van der Waals surface area contributed by atoms with Gasteiger partial charge in [0.1, 0.15) is 0 Å². The molecular formula is C10H14BrNO. The second kappa shape index (κ2) is 3.45. The van der Waals surface area contributed by atoms with Gasteiger partial charge < -0.3 is 5.32 Å². The fourth-order valence-corrected chi connectivity index (χ4v) is 2.65. The quantitative estimate of drug-likeness (QED) is 0.808. The van der Waals surface area contributed by atoms with Crippen LogP contribution in [0.5, 0.6) is 0 Å². The Hall–Kier alpha value is -0.310. The SMILES string of the molecule is C=C(Br)CNC(=O)C1C2CCCC21. The molecular weight excluding hydrogens is 230 g/mol. The Kier molecular flexibility index (Phi) is 2.45. The molecule has 0 bridgehead atoms. The lowest BCUT2D eigenvalue weighted by molar-refractivity contribution is -0.122. The molecule has 13 heavy (non-hydrogen) atoms. The maximum atomic E-state index is 11.6. The average molecular weight is 244 g/mol. The average Bonchev–Trinajstić information content (AvgIpc) is 2.56. The largest absolute Gasteiger partial charge is 0.351 e. The highest BCUT2D eigenvalue weighted by Crippen LogP contribution is 2.57. The summed E-state index contributed by atoms with van der Waals surface area (Å²) in [5.74, 6) is 1.99. The van der Waals surface area contributed by atoms with Crippen LogP contribution in [0.1, 0.15) is 19.3 Å². The van der Waals surface area contributed by atoms with E-state index in [2.05, 4.69) is 27.8 Å². The van der Waals surface area contributed by atoms with Crippen LogP contribution in [-0.2, 0) is 4.79 Å². The fourth-order valence-electron chi connectivity index (χ4n) is 2.51. The van der Waals surface area contributed by atoms with Gasteiger partial charge in [0.25, 0.3) is 0 Å². The highest BCUT2D eigenvalue weighted by atomic mass is 79.9. The summed E-state index contributed by atoms with van der Waals surface area (Å²) in [5.41, 5.74) is 0. The van der Waals surface area contributed by atoms with Crippen LogP contribution in [0.3, 0.4) is 0 Å². The Morgan fingerprint density at radius 1 is 1.46 bits per heavy atom. The third-order valence-electron chi connectivity index (χ3n) is 3.16. The first-order valence-corrected chi connectivity index (χ1v) is 5.60. The van der Waals surface area contributed by atoms with Crippen molar-refractivity contribution in [2.75, 3.05) is 6.54 Å². The molecule has 2 nitrogen and oxygen atoms in total. The second-order valence-electron chi connectivity index (χ2n) is 4.02. The van der Waals surface area contributed by atoms with Gasteiger partial charge in [0.2, 0.25) is 5.91 Å². The molecule has 0 aromatic carbocycles. The molecule has 0 aromatic heterocycles. The van der Waals surface area contributed by atoms with E-state index in [9.17, 15) is 4.79 Å². The van der Waals surface area contributed by atoms with Gasteiger partial charge >= 0.3 is 0 Å². The maximum Gasteiger partial charge on any atom is 0.223 e. The molecule has 0 saturated heterocycles. The lowest BCUT2D eigenvalue weighted by Crippen LogP contribution is -2.27. The monoisotopic (exact) mass is 243 g/mol. The number of hydrogen-bond acceptors (Lipinski definition) is 1. The molecule has 0 radical (unpaired) electrons. The molecule has 1 amide bonds. The van der Waals surface area contributed by atoms with Gasteiger partial charge in [-0.25, -0.2) is 0 Å². The standard InChI is InChI=1S/C10H14BrNO/c1-6(11)5-12-10(13)9-7-3-2-4-8(7)9/h7-9H,1-5H2,(H,12,13). The molecule has 0 spiro atoms. The van der Waals surface area contributed by atoms with E-state index in [4.69, 9.17) is 0 Å². The molecule has 2 aliphatic rings. The Labute approximate surface area is 86.9 Å². The van der Waals surface area contributed by atoms with E-state index in [1.54, 1.807) is 0 Å². The van der Waals surface area contributed by atoms with Crippen molar-refractivity contribution in [3.05, 3.63) is 11.1 Å². The van der Waals surface area contributed by atoms with Crippen molar-refractivity contribution < 1.29 is 4.79 Å². The summed E-state index contributed by atoms with van der Waals surface area (Å²) < 4.78 is 0.839. The predicted octanol–water partition coefficient (Wildman–Crippen LogP) is 2.06. The summed E-state index contributed by atoms with van der Waals surface area (Å²) in [4.78, 5) is 11.6. The summed E-state index contributed by atoms with van der Waals surface area (Å²) in [6, 6.07) is 0. The molecule has 1 N–H and O–H groups in total. The number of carbonyl (C=O) groups excluding carboxylic acids is 1. The molecule has 2 unspecified atom stereocenters. The highest BCUT2D eigenvalue weighted by molar-refractivity contribution is 9.11. The van der Waals surface area contributed by atoms with Crippen LogP contribution >= 0.6 is 15.9 Å². The van der Waals surface area contributed by atoms with Crippen molar-refractivity contribution in [1.29, 1.82) is 0 Å². The minimum absolute atomic E-state index is 0.232. The number of amides is 1. The number of rotatable bonds is 3. The molecule has 72 valence electrons. The first-order valence-electron chi connectivity index (χ1n) is 4.81. The lowest BCUT2D eigenvalue weighted by atomic mass is 10.1. The van der Waals surface area contributed by atoms with Crippen LogP contribution in [0.15, 0.2) is 11.1 Å². The molecule has 2 saturated carbocycles. The van der Waals surface area contributed by atoms with E-state index >= 15 is 0 Å². The predicted molar refractivity (Wildman–Crippen MR) is 55.4 cm³/mol. The summed E-state index contributed by atoms with van der Waals surface area (Å²) in [6.07, 6.45) is 3.85. The lowest BCUT2D eigenvalue weighted by Gasteiger charge is -2.04. The number of carbonyl (C=O) groups is 1. The Bertz CT molecular complexity index is 241. The first-order chi connectivity index (χ1) is 6.20. The third-order valence-corrected chi connectivity index (χ3v) is 3.44. The normalized spacial score (nSPS) is 35.3. The van der Waals surface area contributed by atoms with E-state index in [0.717, 1.165) is 4.48 Å². The zero-order valence-electron chi connectivity index (χ0n) is 7.55. The number of hydrogen-bond donors (Lipinski definition) is 1. The van der Waals surface area contributed by atoms with Crippen LogP contribution in [-0.4, -0.2) is 12.5 Å². The molecule has 2 fully saturated rings. The van der Waals surface area contributed by atoms with Gasteiger partial charge in [-0.15, -0.1) is 0 Å². The van der Waals surface area contributed by atoms with E-state index in [1.165, 1.54) is 19.3 Å². The van der Waals surface area contributed by atoms with Crippen molar-refractivity contribution in [3.63, 3.8) is 0 Å². The third kappa shape index (κ3) is 1.80. The Morgan fingerprint density at radius 3 is 2.62 bits per heavy atom. The molecule has 0 aliphatic heterocycles. The van der Waals surface area contributed by atoms with E-state index in [-0.39, 0.29) is 5.91 Å². The first kappa shape index (κ1) is 9.25. The number of halogens is 1. The van der Waals surface area contributed by atoms with Gasteiger partial charge in [-0.2, -0.15) is 0 Å². The summed E-state index contributed by atoms with van der Waals surface area (Å²) in [7, 11) is 0. The van der Waals surface area contributed by atoms with Gasteiger partial charge in [-0.1, -0.05) is 28.9 Å². The summed E-state index contributed by atoms with van der Waals surface area (Å²) >= 11 is 3.22. The Morgan fingerprint density at radius 2 is 2.08 bits per heavy atom. The second-order valence-corrected chi connectivity index (χ2v) is 5.14. The number of nitrogens with one attached hydrogen (secondary N) is 1. The molecule has 3 heteroatoms. The van der Waals surface area contributed by atoms with Crippen molar-refractivity contribution in [1.82, 2.24) is 5.32 Å². The van der Waals surface area contributed by atoms with Crippen molar-refractivity contribution in [2.45, 2.75) is 19.3 Å². The zero-order valence-corrected chi connectivity index (χ0v) is 9.14. The van der Waals surface area contributed by atoms with Crippen LogP contribution in [0, 0.1) is 17.8 Å². The molecule has 0 heterocycles. The minimum Gasteiger partial charge on any atom is -0.351 e. The van der Waals surface area contributed by atoms with Gasteiger partial charge in [0, 0.05) is 16.9 Å². The van der Waals surface area contributed by atoms with Crippen molar-refractivity contribution >= 4 is 21.8 Å². The fraction of sp³-hybridized carbons (Fsp3) is 0.700. The van der Waals surface area contributed by atoms with Crippen molar-refractivity contribution in [3.8, 4) is 0 Å². The highest BCUT2D eigenvalue weighted by Gasteiger charge is 2.56. The molecule has 2 atom stereocenters. The summed E-state index contributed by atoms with van der Waals surface area (Å²) in [5, 5.41) is 2.89. The van der Waals surface area contributed by atoms with Crippen LogP contribution in [0.2, 0.25) is 0 Å². The van der Waals surface area contributed by atoms with Crippen LogP contribution in [0.25, 0.3) is 0 Å². The van der Waals surface area contributed by atoms with E-state index in [0.29, 0.717) is 24.3 Å². The van der Waals surface area contributed by atoms with Gasteiger partial charge in [-0.05, 0) is 24.7 Å². The van der Waals surface area contributed by atoms with Crippen LogP contribution in [0.4, 0.5) is 0 Å². The van der Waals surface area contributed by atoms with Crippen LogP contribution < -0.4 is 5.32 Å². The topological polar surface area (TPSA) is 29.1 Å². The minimum atomic E-state index is 0.232. The van der Waals surface area contributed by atoms with E-state index < -0.39 is 0 Å². The summed E-state index contributed by atoms with van der Waals surface area (Å²) in [6.45, 7) is 4.25. The van der Waals surface area contributed by atoms with Gasteiger partial charge in [-0.3, -0.25) is 4.79 Å². The van der Waals surface area contributed by atoms with Gasteiger partial charge in [0.05, 0.1) is 0 Å². The zero-order chi connectivity index (χ0) is 9.42. The molecule has 2 rings (SSSR count). The maximum absolute atomic E-state index is 11.6. The number of fused-ring (bicyclic) bond motifs is 1. The Balaban J connectivity index is 1.77. The van der Waals surface area contributed by atoms with Crippen molar-refractivity contribution in [2.24, 2.45) is 17.8 Å². The smallest absolute Gasteiger partial charge is 0.223 e. The van der Waals surface area contributed by atoms with E-state index in [1.807, 2.05) is 0 Å². The van der Waals surface area contributed by atoms with Gasteiger partial charge in [0.15, 0.2) is 0 Å². The molecule has 0 aromatic rings. The molecule has 2 aliphatic carbocycles.